The summed E-state index contributed by atoms with van der Waals surface area (Å²) in [4.78, 5) is 16.2. The Balaban J connectivity index is 2.52. The molecule has 0 saturated carbocycles. The van der Waals surface area contributed by atoms with Crippen LogP contribution in [0.5, 0.6) is 0 Å². The quantitative estimate of drug-likeness (QED) is 0.780. The van der Waals surface area contributed by atoms with Crippen molar-refractivity contribution in [2.45, 2.75) is 52.4 Å². The summed E-state index contributed by atoms with van der Waals surface area (Å²) in [6.45, 7) is 9.62. The first-order chi connectivity index (χ1) is 9.31. The van der Waals surface area contributed by atoms with Gasteiger partial charge < -0.3 is 19.9 Å². The summed E-state index contributed by atoms with van der Waals surface area (Å²) >= 11 is 0. The van der Waals surface area contributed by atoms with E-state index in [0.29, 0.717) is 13.2 Å². The number of ether oxygens (including phenoxy) is 1. The molecule has 0 bridgehead atoms. The first-order valence-corrected chi connectivity index (χ1v) is 6.85. The highest BCUT2D eigenvalue weighted by Crippen LogP contribution is 2.03. The summed E-state index contributed by atoms with van der Waals surface area (Å²) < 4.78 is 6.85. The molecule has 1 heterocycles. The van der Waals surface area contributed by atoms with Crippen LogP contribution in [0.15, 0.2) is 12.4 Å². The maximum absolute atomic E-state index is 11.9. The zero-order valence-corrected chi connectivity index (χ0v) is 13.1. The van der Waals surface area contributed by atoms with Gasteiger partial charge >= 0.3 is 0 Å². The van der Waals surface area contributed by atoms with Gasteiger partial charge in [-0.05, 0) is 27.7 Å². The summed E-state index contributed by atoms with van der Waals surface area (Å²) in [6.07, 6.45) is 3.53. The summed E-state index contributed by atoms with van der Waals surface area (Å²) in [5.41, 5.74) is 0.0199. The van der Waals surface area contributed by atoms with Gasteiger partial charge in [-0.2, -0.15) is 0 Å². The van der Waals surface area contributed by atoms with E-state index in [-0.39, 0.29) is 24.0 Å². The minimum atomic E-state index is -0.0374. The normalized spacial score (nSPS) is 13.2. The lowest BCUT2D eigenvalue weighted by atomic mass is 10.1. The number of amides is 1. The molecule has 1 aromatic rings. The highest BCUT2D eigenvalue weighted by Gasteiger charge is 2.13. The molecule has 0 aliphatic carbocycles. The van der Waals surface area contributed by atoms with E-state index in [9.17, 15) is 4.79 Å². The Kier molecular flexibility index (Phi) is 6.16. The topological polar surface area (TPSA) is 68.2 Å². The standard InChI is InChI=1S/C14H26N4O2/c1-11(10-20-5)17-13(19)9-18-7-6-15-12(18)8-16-14(2,3)4/h6-7,11,16H,8-10H2,1-5H3,(H,17,19). The molecule has 1 atom stereocenters. The maximum Gasteiger partial charge on any atom is 0.240 e. The van der Waals surface area contributed by atoms with E-state index in [1.165, 1.54) is 0 Å². The summed E-state index contributed by atoms with van der Waals surface area (Å²) in [5.74, 6) is 0.819. The van der Waals surface area contributed by atoms with Crippen LogP contribution in [0.2, 0.25) is 0 Å². The molecular formula is C14H26N4O2. The number of nitrogens with one attached hydrogen (secondary N) is 2. The fourth-order valence-electron chi connectivity index (χ4n) is 1.76. The smallest absolute Gasteiger partial charge is 0.240 e. The molecule has 1 unspecified atom stereocenters. The molecule has 20 heavy (non-hydrogen) atoms. The third-order valence-corrected chi connectivity index (χ3v) is 2.72. The number of carbonyl (C=O) groups excluding carboxylic acids is 1. The molecule has 114 valence electrons. The van der Waals surface area contributed by atoms with Gasteiger partial charge in [0.25, 0.3) is 0 Å². The van der Waals surface area contributed by atoms with Crippen LogP contribution in [0.4, 0.5) is 0 Å². The van der Waals surface area contributed by atoms with Crippen LogP contribution in [0.1, 0.15) is 33.5 Å². The van der Waals surface area contributed by atoms with Crippen LogP contribution in [-0.4, -0.2) is 40.8 Å². The van der Waals surface area contributed by atoms with E-state index in [1.807, 2.05) is 17.7 Å². The fourth-order valence-corrected chi connectivity index (χ4v) is 1.76. The number of methoxy groups -OCH3 is 1. The number of hydrogen-bond acceptors (Lipinski definition) is 4. The lowest BCUT2D eigenvalue weighted by Gasteiger charge is -2.20. The summed E-state index contributed by atoms with van der Waals surface area (Å²) in [7, 11) is 1.62. The highest BCUT2D eigenvalue weighted by molar-refractivity contribution is 5.76. The molecule has 0 spiro atoms. The van der Waals surface area contributed by atoms with Gasteiger partial charge in [0, 0.05) is 31.1 Å². The van der Waals surface area contributed by atoms with E-state index in [2.05, 4.69) is 36.4 Å². The molecule has 0 radical (unpaired) electrons. The van der Waals surface area contributed by atoms with Gasteiger partial charge in [0.05, 0.1) is 13.2 Å². The second kappa shape index (κ2) is 7.40. The average molecular weight is 282 g/mol. The monoisotopic (exact) mass is 282 g/mol. The van der Waals surface area contributed by atoms with Crippen molar-refractivity contribution in [3.63, 3.8) is 0 Å². The number of nitrogens with zero attached hydrogens (tertiary/aromatic N) is 2. The molecule has 1 aromatic heterocycles. The number of carbonyl (C=O) groups is 1. The van der Waals surface area contributed by atoms with Crippen LogP contribution >= 0.6 is 0 Å². The number of rotatable bonds is 7. The first kappa shape index (κ1) is 16.7. The van der Waals surface area contributed by atoms with Crippen molar-refractivity contribution in [3.05, 3.63) is 18.2 Å². The second-order valence-corrected chi connectivity index (χ2v) is 6.00. The second-order valence-electron chi connectivity index (χ2n) is 6.00. The highest BCUT2D eigenvalue weighted by atomic mass is 16.5. The van der Waals surface area contributed by atoms with Crippen molar-refractivity contribution in [3.8, 4) is 0 Å². The predicted octanol–water partition coefficient (Wildman–Crippen LogP) is 0.922. The lowest BCUT2D eigenvalue weighted by Crippen LogP contribution is -2.39. The molecule has 2 N–H and O–H groups in total. The maximum atomic E-state index is 11.9. The van der Waals surface area contributed by atoms with Gasteiger partial charge in [0.2, 0.25) is 5.91 Å². The van der Waals surface area contributed by atoms with Crippen LogP contribution < -0.4 is 10.6 Å². The van der Waals surface area contributed by atoms with E-state index in [4.69, 9.17) is 4.74 Å². The predicted molar refractivity (Wildman–Crippen MR) is 78.3 cm³/mol. The van der Waals surface area contributed by atoms with Gasteiger partial charge in [-0.1, -0.05) is 0 Å². The average Bonchev–Trinajstić information content (AvgIpc) is 2.72. The zero-order chi connectivity index (χ0) is 15.2. The van der Waals surface area contributed by atoms with Crippen molar-refractivity contribution in [2.75, 3.05) is 13.7 Å². The van der Waals surface area contributed by atoms with Crippen LogP contribution in [0.25, 0.3) is 0 Å². The fraction of sp³-hybridized carbons (Fsp3) is 0.714. The Labute approximate surface area is 120 Å². The lowest BCUT2D eigenvalue weighted by molar-refractivity contribution is -0.122. The molecule has 0 aromatic carbocycles. The van der Waals surface area contributed by atoms with E-state index in [1.54, 1.807) is 13.3 Å². The minimum absolute atomic E-state index is 0.00664. The van der Waals surface area contributed by atoms with Crippen LogP contribution in [0, 0.1) is 0 Å². The molecule has 0 saturated heterocycles. The van der Waals surface area contributed by atoms with Gasteiger partial charge in [-0.3, -0.25) is 4.79 Å². The SMILES string of the molecule is COCC(C)NC(=O)Cn1ccnc1CNC(C)(C)C. The number of imidazole rings is 1. The van der Waals surface area contributed by atoms with E-state index < -0.39 is 0 Å². The Morgan fingerprint density at radius 2 is 2.20 bits per heavy atom. The molecule has 0 aliphatic heterocycles. The summed E-state index contributed by atoms with van der Waals surface area (Å²) in [5, 5.41) is 6.25. The largest absolute Gasteiger partial charge is 0.383 e. The first-order valence-electron chi connectivity index (χ1n) is 6.85. The van der Waals surface area contributed by atoms with Crippen molar-refractivity contribution in [1.82, 2.24) is 20.2 Å². The Morgan fingerprint density at radius 3 is 2.80 bits per heavy atom. The Hall–Kier alpha value is -1.40. The van der Waals surface area contributed by atoms with Crippen molar-refractivity contribution in [1.29, 1.82) is 0 Å². The Bertz CT molecular complexity index is 423. The van der Waals surface area contributed by atoms with Crippen LogP contribution in [-0.2, 0) is 22.6 Å². The van der Waals surface area contributed by atoms with Gasteiger partial charge in [-0.15, -0.1) is 0 Å². The molecule has 6 nitrogen and oxygen atoms in total. The van der Waals surface area contributed by atoms with Crippen molar-refractivity contribution < 1.29 is 9.53 Å². The van der Waals surface area contributed by atoms with Crippen molar-refractivity contribution in [2.24, 2.45) is 0 Å². The van der Waals surface area contributed by atoms with E-state index in [0.717, 1.165) is 5.82 Å². The zero-order valence-electron chi connectivity index (χ0n) is 13.1. The van der Waals surface area contributed by atoms with Crippen molar-refractivity contribution >= 4 is 5.91 Å². The van der Waals surface area contributed by atoms with Crippen LogP contribution in [0.3, 0.4) is 0 Å². The van der Waals surface area contributed by atoms with Gasteiger partial charge in [0.1, 0.15) is 12.4 Å². The minimum Gasteiger partial charge on any atom is -0.383 e. The molecule has 1 rings (SSSR count). The molecule has 0 fully saturated rings. The Morgan fingerprint density at radius 1 is 1.50 bits per heavy atom. The molecule has 1 amide bonds. The molecule has 6 heteroatoms. The van der Waals surface area contributed by atoms with Gasteiger partial charge in [-0.25, -0.2) is 4.98 Å². The third kappa shape index (κ3) is 6.16. The third-order valence-electron chi connectivity index (χ3n) is 2.72. The summed E-state index contributed by atoms with van der Waals surface area (Å²) in [6, 6.07) is 0.00664. The molecular weight excluding hydrogens is 256 g/mol. The van der Waals surface area contributed by atoms with Gasteiger partial charge in [0.15, 0.2) is 0 Å². The molecule has 0 aliphatic rings. The number of hydrogen-bond donors (Lipinski definition) is 2. The van der Waals surface area contributed by atoms with E-state index >= 15 is 0 Å². The number of aromatic nitrogens is 2.